The van der Waals surface area contributed by atoms with Crippen LogP contribution in [0.5, 0.6) is 0 Å². The lowest BCUT2D eigenvalue weighted by atomic mass is 9.79. The lowest BCUT2D eigenvalue weighted by molar-refractivity contribution is -0.134. The Bertz CT molecular complexity index is 542. The van der Waals surface area contributed by atoms with E-state index in [9.17, 15) is 9.59 Å². The van der Waals surface area contributed by atoms with Gasteiger partial charge in [0.15, 0.2) is 0 Å². The number of nitrogens with two attached hydrogens (primary N) is 1. The molecule has 5 heteroatoms. The molecule has 1 heterocycles. The first kappa shape index (κ1) is 17.5. The van der Waals surface area contributed by atoms with E-state index >= 15 is 0 Å². The van der Waals surface area contributed by atoms with Crippen LogP contribution in [-0.2, 0) is 16.0 Å². The van der Waals surface area contributed by atoms with Crippen LogP contribution in [0, 0.1) is 5.41 Å². The molecule has 0 spiro atoms. The van der Waals surface area contributed by atoms with Crippen molar-refractivity contribution in [3.63, 3.8) is 0 Å². The maximum Gasteiger partial charge on any atom is 0.224 e. The maximum atomic E-state index is 12.3. The van der Waals surface area contributed by atoms with Crippen molar-refractivity contribution in [1.82, 2.24) is 10.2 Å². The van der Waals surface area contributed by atoms with E-state index in [4.69, 9.17) is 5.73 Å². The zero-order chi connectivity index (χ0) is 16.9. The molecule has 2 rings (SSSR count). The highest BCUT2D eigenvalue weighted by atomic mass is 16.2. The Kier molecular flexibility index (Phi) is 5.77. The molecule has 0 aliphatic carbocycles. The number of hydrogen-bond donors (Lipinski definition) is 2. The first-order valence-electron chi connectivity index (χ1n) is 8.22. The minimum atomic E-state index is -0.0511. The second-order valence-corrected chi connectivity index (χ2v) is 6.96. The summed E-state index contributed by atoms with van der Waals surface area (Å²) in [4.78, 5) is 26.0. The minimum Gasteiger partial charge on any atom is -0.355 e. The summed E-state index contributed by atoms with van der Waals surface area (Å²) in [6.07, 6.45) is 1.52. The molecule has 0 aromatic heterocycles. The first-order chi connectivity index (χ1) is 10.9. The highest BCUT2D eigenvalue weighted by molar-refractivity contribution is 5.80. The van der Waals surface area contributed by atoms with Gasteiger partial charge in [-0.1, -0.05) is 44.2 Å². The molecule has 1 atom stereocenters. The standard InChI is InChI=1S/C18H27N3O2/c1-18(2)13-21(11-9-15(18)19)17(23)8-10-20-16(22)12-14-6-4-3-5-7-14/h3-7,15H,8-13,19H2,1-2H3,(H,20,22). The van der Waals surface area contributed by atoms with Crippen LogP contribution in [0.15, 0.2) is 30.3 Å². The van der Waals surface area contributed by atoms with Crippen LogP contribution in [-0.4, -0.2) is 42.4 Å². The van der Waals surface area contributed by atoms with Crippen molar-refractivity contribution < 1.29 is 9.59 Å². The summed E-state index contributed by atoms with van der Waals surface area (Å²) in [5.41, 5.74) is 7.02. The van der Waals surface area contributed by atoms with E-state index in [1.54, 1.807) is 0 Å². The highest BCUT2D eigenvalue weighted by Gasteiger charge is 2.34. The average molecular weight is 317 g/mol. The number of amides is 2. The molecule has 1 saturated heterocycles. The summed E-state index contributed by atoms with van der Waals surface area (Å²) in [6.45, 7) is 5.97. The third-order valence-corrected chi connectivity index (χ3v) is 4.53. The minimum absolute atomic E-state index is 0.0509. The highest BCUT2D eigenvalue weighted by Crippen LogP contribution is 2.27. The normalized spacial score (nSPS) is 20.1. The second-order valence-electron chi connectivity index (χ2n) is 6.96. The van der Waals surface area contributed by atoms with Gasteiger partial charge in [0.2, 0.25) is 11.8 Å². The summed E-state index contributed by atoms with van der Waals surface area (Å²) in [6, 6.07) is 9.72. The Labute approximate surface area is 138 Å². The maximum absolute atomic E-state index is 12.3. The number of hydrogen-bond acceptors (Lipinski definition) is 3. The van der Waals surface area contributed by atoms with E-state index in [0.29, 0.717) is 32.5 Å². The molecule has 0 saturated carbocycles. The summed E-state index contributed by atoms with van der Waals surface area (Å²) in [5.74, 6) is 0.0370. The van der Waals surface area contributed by atoms with Gasteiger partial charge in [-0.25, -0.2) is 0 Å². The molecule has 2 amide bonds. The van der Waals surface area contributed by atoms with Crippen LogP contribution >= 0.6 is 0 Å². The van der Waals surface area contributed by atoms with E-state index in [-0.39, 0.29) is 23.3 Å². The smallest absolute Gasteiger partial charge is 0.224 e. The number of likely N-dealkylation sites (tertiary alicyclic amines) is 1. The summed E-state index contributed by atoms with van der Waals surface area (Å²) in [7, 11) is 0. The molecule has 1 fully saturated rings. The summed E-state index contributed by atoms with van der Waals surface area (Å²) < 4.78 is 0. The summed E-state index contributed by atoms with van der Waals surface area (Å²) in [5, 5.41) is 2.82. The monoisotopic (exact) mass is 317 g/mol. The number of nitrogens with one attached hydrogen (secondary N) is 1. The number of nitrogens with zero attached hydrogens (tertiary/aromatic N) is 1. The predicted octanol–water partition coefficient (Wildman–Crippen LogP) is 1.32. The van der Waals surface area contributed by atoms with Gasteiger partial charge < -0.3 is 16.0 Å². The van der Waals surface area contributed by atoms with Crippen molar-refractivity contribution >= 4 is 11.8 Å². The van der Waals surface area contributed by atoms with Gasteiger partial charge in [-0.05, 0) is 17.4 Å². The molecule has 3 N–H and O–H groups in total. The zero-order valence-corrected chi connectivity index (χ0v) is 14.0. The fourth-order valence-electron chi connectivity index (χ4n) is 2.90. The molecule has 126 valence electrons. The second kappa shape index (κ2) is 7.59. The van der Waals surface area contributed by atoms with Gasteiger partial charge >= 0.3 is 0 Å². The van der Waals surface area contributed by atoms with Crippen LogP contribution in [0.25, 0.3) is 0 Å². The topological polar surface area (TPSA) is 75.4 Å². The van der Waals surface area contributed by atoms with E-state index < -0.39 is 0 Å². The van der Waals surface area contributed by atoms with Crippen LogP contribution in [0.1, 0.15) is 32.3 Å². The van der Waals surface area contributed by atoms with Gasteiger partial charge in [-0.3, -0.25) is 9.59 Å². The molecule has 1 unspecified atom stereocenters. The molecule has 23 heavy (non-hydrogen) atoms. The van der Waals surface area contributed by atoms with Crippen LogP contribution in [0.2, 0.25) is 0 Å². The van der Waals surface area contributed by atoms with Gasteiger partial charge in [0.25, 0.3) is 0 Å². The Morgan fingerprint density at radius 1 is 1.30 bits per heavy atom. The SMILES string of the molecule is CC1(C)CN(C(=O)CCNC(=O)Cc2ccccc2)CCC1N. The van der Waals surface area contributed by atoms with E-state index in [1.807, 2.05) is 35.2 Å². The third kappa shape index (κ3) is 5.06. The van der Waals surface area contributed by atoms with Crippen LogP contribution in [0.4, 0.5) is 0 Å². The fraction of sp³-hybridized carbons (Fsp3) is 0.556. The van der Waals surface area contributed by atoms with Crippen molar-refractivity contribution in [2.45, 2.75) is 39.2 Å². The Balaban J connectivity index is 1.71. The van der Waals surface area contributed by atoms with Gasteiger partial charge in [-0.15, -0.1) is 0 Å². The predicted molar refractivity (Wildman–Crippen MR) is 90.7 cm³/mol. The van der Waals surface area contributed by atoms with E-state index in [2.05, 4.69) is 19.2 Å². The molecule has 1 aliphatic heterocycles. The fourth-order valence-corrected chi connectivity index (χ4v) is 2.90. The molecule has 5 nitrogen and oxygen atoms in total. The van der Waals surface area contributed by atoms with Gasteiger partial charge in [0.1, 0.15) is 0 Å². The van der Waals surface area contributed by atoms with Gasteiger partial charge in [0.05, 0.1) is 6.42 Å². The quantitative estimate of drug-likeness (QED) is 0.860. The van der Waals surface area contributed by atoms with Crippen LogP contribution < -0.4 is 11.1 Å². The van der Waals surface area contributed by atoms with Gasteiger partial charge in [-0.2, -0.15) is 0 Å². The van der Waals surface area contributed by atoms with Crippen molar-refractivity contribution in [3.8, 4) is 0 Å². The first-order valence-corrected chi connectivity index (χ1v) is 8.22. The molecule has 1 aliphatic rings. The number of rotatable bonds is 5. The Hall–Kier alpha value is -1.88. The molecule has 0 bridgehead atoms. The zero-order valence-electron chi connectivity index (χ0n) is 14.0. The lowest BCUT2D eigenvalue weighted by Crippen LogP contribution is -2.54. The van der Waals surface area contributed by atoms with Crippen molar-refractivity contribution in [2.24, 2.45) is 11.1 Å². The van der Waals surface area contributed by atoms with Crippen molar-refractivity contribution in [1.29, 1.82) is 0 Å². The van der Waals surface area contributed by atoms with E-state index in [0.717, 1.165) is 12.0 Å². The lowest BCUT2D eigenvalue weighted by Gasteiger charge is -2.42. The average Bonchev–Trinajstić information content (AvgIpc) is 2.50. The Morgan fingerprint density at radius 2 is 2.00 bits per heavy atom. The van der Waals surface area contributed by atoms with Gasteiger partial charge in [0, 0.05) is 32.1 Å². The van der Waals surface area contributed by atoms with Crippen molar-refractivity contribution in [3.05, 3.63) is 35.9 Å². The Morgan fingerprint density at radius 3 is 2.65 bits per heavy atom. The largest absolute Gasteiger partial charge is 0.355 e. The molecular weight excluding hydrogens is 290 g/mol. The number of carbonyl (C=O) groups excluding carboxylic acids is 2. The third-order valence-electron chi connectivity index (χ3n) is 4.53. The summed E-state index contributed by atoms with van der Waals surface area (Å²) >= 11 is 0. The van der Waals surface area contributed by atoms with Crippen molar-refractivity contribution in [2.75, 3.05) is 19.6 Å². The van der Waals surface area contributed by atoms with E-state index in [1.165, 1.54) is 0 Å². The number of carbonyl (C=O) groups is 2. The number of benzene rings is 1. The van der Waals surface area contributed by atoms with Crippen LogP contribution in [0.3, 0.4) is 0 Å². The number of piperidine rings is 1. The molecule has 1 aromatic rings. The molecule has 1 aromatic carbocycles. The molecular formula is C18H27N3O2. The molecule has 0 radical (unpaired) electrons.